The molecule has 2 heterocycles. The van der Waals surface area contributed by atoms with Gasteiger partial charge in [-0.25, -0.2) is 17.9 Å². The van der Waals surface area contributed by atoms with Crippen LogP contribution in [-0.4, -0.2) is 54.6 Å². The molecule has 3 unspecified atom stereocenters. The molecule has 0 fully saturated rings. The molecular formula is C20H15ClF3N3O4S. The fourth-order valence-corrected chi connectivity index (χ4v) is 4.22. The summed E-state index contributed by atoms with van der Waals surface area (Å²) in [6.45, 7) is -0.588. The van der Waals surface area contributed by atoms with E-state index in [4.69, 9.17) is 16.3 Å². The molecule has 3 N–H and O–H groups in total. The molecule has 7 nitrogen and oxygen atoms in total. The highest BCUT2D eigenvalue weighted by atomic mass is 35.5. The second-order valence-corrected chi connectivity index (χ2v) is 8.37. The van der Waals surface area contributed by atoms with Gasteiger partial charge in [0.25, 0.3) is 0 Å². The maximum atomic E-state index is 13.6. The highest BCUT2D eigenvalue weighted by Gasteiger charge is 2.39. The minimum atomic E-state index is -1.62. The summed E-state index contributed by atoms with van der Waals surface area (Å²) in [6, 6.07) is 8.22. The maximum absolute atomic E-state index is 13.6. The van der Waals surface area contributed by atoms with Crippen LogP contribution in [0.2, 0.25) is 5.02 Å². The smallest absolute Gasteiger partial charge is 0.194 e. The van der Waals surface area contributed by atoms with Gasteiger partial charge in [-0.15, -0.1) is 5.10 Å². The standard InChI is InChI=1S/C20H15ClF3N3O4S/c21-10-1-3-11(4-2-10)32-20-19(30)17(18(29)15(8-28)31-20)27-7-14(25-26-27)9-5-12(22)16(24)13(23)6-9/h1-7,15,19-20,28-30H,8H2. The van der Waals surface area contributed by atoms with E-state index in [0.29, 0.717) is 9.92 Å². The van der Waals surface area contributed by atoms with Crippen LogP contribution in [0.15, 0.2) is 53.2 Å². The Morgan fingerprint density at radius 1 is 1.12 bits per heavy atom. The van der Waals surface area contributed by atoms with Crippen molar-refractivity contribution in [3.05, 3.63) is 70.8 Å². The number of hydrogen-bond donors (Lipinski definition) is 3. The number of rotatable bonds is 5. The lowest BCUT2D eigenvalue weighted by molar-refractivity contribution is -0.0506. The zero-order valence-electron chi connectivity index (χ0n) is 16.0. The van der Waals surface area contributed by atoms with Crippen LogP contribution in [0.25, 0.3) is 17.0 Å². The second-order valence-electron chi connectivity index (χ2n) is 6.77. The largest absolute Gasteiger partial charge is 0.507 e. The summed E-state index contributed by atoms with van der Waals surface area (Å²) in [7, 11) is 0. The molecule has 0 aliphatic carbocycles. The minimum Gasteiger partial charge on any atom is -0.507 e. The van der Waals surface area contributed by atoms with Gasteiger partial charge in [0.1, 0.15) is 34.8 Å². The van der Waals surface area contributed by atoms with E-state index in [1.807, 2.05) is 0 Å². The van der Waals surface area contributed by atoms with Crippen LogP contribution >= 0.6 is 23.4 Å². The van der Waals surface area contributed by atoms with Crippen LogP contribution in [0, 0.1) is 17.5 Å². The van der Waals surface area contributed by atoms with Gasteiger partial charge in [0, 0.05) is 15.5 Å². The molecule has 12 heteroatoms. The Bertz CT molecular complexity index is 1150. The van der Waals surface area contributed by atoms with Crippen molar-refractivity contribution >= 4 is 29.1 Å². The normalized spacial score (nSPS) is 21.2. The number of aromatic nitrogens is 3. The van der Waals surface area contributed by atoms with Crippen molar-refractivity contribution in [1.29, 1.82) is 0 Å². The zero-order valence-corrected chi connectivity index (χ0v) is 17.6. The van der Waals surface area contributed by atoms with Crippen molar-refractivity contribution < 1.29 is 33.2 Å². The number of benzene rings is 2. The third kappa shape index (κ3) is 4.34. The summed E-state index contributed by atoms with van der Waals surface area (Å²) in [5.41, 5.74) is -1.22. The Hall–Kier alpha value is -2.57. The summed E-state index contributed by atoms with van der Waals surface area (Å²) in [5, 5.41) is 39.1. The molecule has 0 bridgehead atoms. The molecule has 0 amide bonds. The third-order valence-electron chi connectivity index (χ3n) is 4.66. The van der Waals surface area contributed by atoms with Gasteiger partial charge in [-0.3, -0.25) is 0 Å². The van der Waals surface area contributed by atoms with Crippen molar-refractivity contribution in [3.8, 4) is 11.3 Å². The Balaban J connectivity index is 1.67. The Kier molecular flexibility index (Phi) is 6.45. The van der Waals surface area contributed by atoms with E-state index in [-0.39, 0.29) is 17.0 Å². The summed E-state index contributed by atoms with van der Waals surface area (Å²) in [4.78, 5) is 0.701. The van der Waals surface area contributed by atoms with Crippen LogP contribution in [0.3, 0.4) is 0 Å². The molecule has 32 heavy (non-hydrogen) atoms. The van der Waals surface area contributed by atoms with Gasteiger partial charge in [0.15, 0.2) is 17.5 Å². The Morgan fingerprint density at radius 2 is 1.78 bits per heavy atom. The molecule has 4 rings (SSSR count). The van der Waals surface area contributed by atoms with Crippen LogP contribution in [0.4, 0.5) is 13.2 Å². The number of ether oxygens (including phenoxy) is 1. The predicted octanol–water partition coefficient (Wildman–Crippen LogP) is 3.61. The SMILES string of the molecule is OCC1OC(Sc2ccc(Cl)cc2)C(O)C(n2cc(-c3cc(F)c(F)c(F)c3)nn2)=C1O. The number of aliphatic hydroxyl groups excluding tert-OH is 3. The maximum Gasteiger partial charge on any atom is 0.194 e. The predicted molar refractivity (Wildman–Crippen MR) is 110 cm³/mol. The van der Waals surface area contributed by atoms with Gasteiger partial charge >= 0.3 is 0 Å². The highest BCUT2D eigenvalue weighted by molar-refractivity contribution is 7.99. The molecule has 168 valence electrons. The monoisotopic (exact) mass is 485 g/mol. The summed E-state index contributed by atoms with van der Waals surface area (Å²) in [5.74, 6) is -4.90. The Labute approximate surface area is 188 Å². The number of thioether (sulfide) groups is 1. The van der Waals surface area contributed by atoms with Crippen LogP contribution in [-0.2, 0) is 4.74 Å². The molecule has 3 aromatic rings. The van der Waals surface area contributed by atoms with E-state index in [0.717, 1.165) is 28.6 Å². The highest BCUT2D eigenvalue weighted by Crippen LogP contribution is 2.37. The topological polar surface area (TPSA) is 101 Å². The minimum absolute atomic E-state index is 0.0377. The summed E-state index contributed by atoms with van der Waals surface area (Å²) < 4.78 is 47.0. The molecule has 1 aromatic heterocycles. The quantitative estimate of drug-likeness (QED) is 0.475. The van der Waals surface area contributed by atoms with E-state index in [1.165, 1.54) is 6.20 Å². The zero-order chi connectivity index (χ0) is 23.0. The van der Waals surface area contributed by atoms with E-state index >= 15 is 0 Å². The van der Waals surface area contributed by atoms with Gasteiger partial charge in [0.2, 0.25) is 0 Å². The van der Waals surface area contributed by atoms with Gasteiger partial charge in [-0.1, -0.05) is 28.6 Å². The van der Waals surface area contributed by atoms with E-state index in [2.05, 4.69) is 10.3 Å². The van der Waals surface area contributed by atoms with Gasteiger partial charge < -0.3 is 20.1 Å². The van der Waals surface area contributed by atoms with E-state index in [9.17, 15) is 28.5 Å². The van der Waals surface area contributed by atoms with E-state index < -0.39 is 47.5 Å². The number of hydrogen-bond acceptors (Lipinski definition) is 7. The first kappa shape index (κ1) is 22.6. The first-order valence-electron chi connectivity index (χ1n) is 9.15. The molecule has 1 aliphatic rings. The van der Waals surface area contributed by atoms with Crippen LogP contribution < -0.4 is 0 Å². The molecule has 2 aromatic carbocycles. The first-order valence-corrected chi connectivity index (χ1v) is 10.4. The summed E-state index contributed by atoms with van der Waals surface area (Å²) >= 11 is 7.00. The van der Waals surface area contributed by atoms with Crippen molar-refractivity contribution in [2.75, 3.05) is 6.61 Å². The second kappa shape index (κ2) is 9.12. The van der Waals surface area contributed by atoms with Crippen molar-refractivity contribution in [3.63, 3.8) is 0 Å². The fraction of sp³-hybridized carbons (Fsp3) is 0.200. The summed E-state index contributed by atoms with van der Waals surface area (Å²) in [6.07, 6.45) is -1.38. The lowest BCUT2D eigenvalue weighted by Crippen LogP contribution is -2.42. The van der Waals surface area contributed by atoms with Crippen LogP contribution in [0.5, 0.6) is 0 Å². The van der Waals surface area contributed by atoms with Gasteiger partial charge in [-0.2, -0.15) is 0 Å². The lowest BCUT2D eigenvalue weighted by atomic mass is 10.1. The molecular weight excluding hydrogens is 471 g/mol. The molecule has 0 saturated carbocycles. The van der Waals surface area contributed by atoms with Crippen LogP contribution in [0.1, 0.15) is 0 Å². The first-order chi connectivity index (χ1) is 15.3. The fourth-order valence-electron chi connectivity index (χ4n) is 3.09. The average molecular weight is 486 g/mol. The molecule has 0 saturated heterocycles. The van der Waals surface area contributed by atoms with Gasteiger partial charge in [-0.05, 0) is 36.4 Å². The third-order valence-corrected chi connectivity index (χ3v) is 6.05. The molecule has 0 radical (unpaired) electrons. The number of halogens is 4. The van der Waals surface area contributed by atoms with Crippen molar-refractivity contribution in [2.45, 2.75) is 22.5 Å². The van der Waals surface area contributed by atoms with Crippen molar-refractivity contribution in [1.82, 2.24) is 15.0 Å². The van der Waals surface area contributed by atoms with Gasteiger partial charge in [0.05, 0.1) is 12.8 Å². The molecule has 1 aliphatic heterocycles. The lowest BCUT2D eigenvalue weighted by Gasteiger charge is -2.33. The molecule has 0 spiro atoms. The molecule has 3 atom stereocenters. The van der Waals surface area contributed by atoms with E-state index in [1.54, 1.807) is 24.3 Å². The number of nitrogens with zero attached hydrogens (tertiary/aromatic N) is 3. The number of aliphatic hydroxyl groups is 3. The average Bonchev–Trinajstić information content (AvgIpc) is 3.25. The van der Waals surface area contributed by atoms with Crippen molar-refractivity contribution in [2.24, 2.45) is 0 Å². The Morgan fingerprint density at radius 3 is 2.41 bits per heavy atom.